The molecule has 7 nitrogen and oxygen atoms in total. The highest BCUT2D eigenvalue weighted by Crippen LogP contribution is 2.29. The van der Waals surface area contributed by atoms with Crippen LogP contribution < -0.4 is 10.2 Å². The molecular weight excluding hydrogens is 398 g/mol. The zero-order valence-electron chi connectivity index (χ0n) is 15.3. The van der Waals surface area contributed by atoms with Crippen molar-refractivity contribution < 1.29 is 18.0 Å². The zero-order chi connectivity index (χ0) is 19.7. The Balaban J connectivity index is 1.56. The van der Waals surface area contributed by atoms with Gasteiger partial charge in [0.15, 0.2) is 0 Å². The van der Waals surface area contributed by atoms with Gasteiger partial charge in [0.25, 0.3) is 5.91 Å². The second kappa shape index (κ2) is 7.65. The summed E-state index contributed by atoms with van der Waals surface area (Å²) >= 11 is 1.11. The molecule has 9 heteroatoms. The standard InChI is InChI=1S/C19H21N3O4S2/c23-17-7-4-11-22(17)15-6-3-5-14(13-15)20-19(24)18-16(8-12-27-18)28(25,26)21-9-1-2-10-21/h3,5-6,8,12-13H,1-2,4,7,9-11H2,(H,20,24). The molecular formula is C19H21N3O4S2. The number of carbonyl (C=O) groups excluding carboxylic acids is 2. The number of hydrogen-bond donors (Lipinski definition) is 1. The molecule has 1 aromatic carbocycles. The van der Waals surface area contributed by atoms with E-state index in [1.54, 1.807) is 28.5 Å². The second-order valence-electron chi connectivity index (χ2n) is 6.88. The number of benzene rings is 1. The summed E-state index contributed by atoms with van der Waals surface area (Å²) in [5, 5.41) is 4.40. The van der Waals surface area contributed by atoms with Gasteiger partial charge in [-0.25, -0.2) is 8.42 Å². The van der Waals surface area contributed by atoms with Gasteiger partial charge in [-0.05, 0) is 48.9 Å². The van der Waals surface area contributed by atoms with Crippen LogP contribution in [0.4, 0.5) is 11.4 Å². The third-order valence-corrected chi connectivity index (χ3v) is 7.99. The first-order chi connectivity index (χ1) is 13.5. The van der Waals surface area contributed by atoms with Crippen molar-refractivity contribution in [1.29, 1.82) is 0 Å². The van der Waals surface area contributed by atoms with Gasteiger partial charge < -0.3 is 10.2 Å². The number of nitrogens with zero attached hydrogens (tertiary/aromatic N) is 2. The summed E-state index contributed by atoms with van der Waals surface area (Å²) in [6.07, 6.45) is 3.03. The molecule has 4 rings (SSSR count). The summed E-state index contributed by atoms with van der Waals surface area (Å²) in [5.74, 6) is -0.390. The Hall–Kier alpha value is -2.23. The fraction of sp³-hybridized carbons (Fsp3) is 0.368. The molecule has 2 aliphatic heterocycles. The minimum Gasteiger partial charge on any atom is -0.321 e. The summed E-state index contributed by atoms with van der Waals surface area (Å²) in [7, 11) is -3.66. The van der Waals surface area contributed by atoms with Gasteiger partial charge in [0.2, 0.25) is 15.9 Å². The maximum absolute atomic E-state index is 12.8. The van der Waals surface area contributed by atoms with Crippen molar-refractivity contribution in [2.75, 3.05) is 29.9 Å². The Labute approximate surface area is 168 Å². The number of thiophene rings is 1. The molecule has 2 saturated heterocycles. The van der Waals surface area contributed by atoms with Crippen molar-refractivity contribution in [1.82, 2.24) is 4.31 Å². The van der Waals surface area contributed by atoms with Crippen LogP contribution in [-0.2, 0) is 14.8 Å². The topological polar surface area (TPSA) is 86.8 Å². The van der Waals surface area contributed by atoms with E-state index in [0.29, 0.717) is 31.7 Å². The van der Waals surface area contributed by atoms with Crippen molar-refractivity contribution in [3.05, 3.63) is 40.6 Å². The molecule has 1 N–H and O–H groups in total. The first-order valence-corrected chi connectivity index (χ1v) is 11.6. The number of nitrogens with one attached hydrogen (secondary N) is 1. The monoisotopic (exact) mass is 419 g/mol. The van der Waals surface area contributed by atoms with E-state index in [9.17, 15) is 18.0 Å². The Bertz CT molecular complexity index is 1010. The normalized spacial score (nSPS) is 18.0. The number of anilines is 2. The molecule has 2 fully saturated rings. The molecule has 3 heterocycles. The molecule has 0 bridgehead atoms. The van der Waals surface area contributed by atoms with Gasteiger partial charge >= 0.3 is 0 Å². The van der Waals surface area contributed by atoms with E-state index in [0.717, 1.165) is 36.3 Å². The van der Waals surface area contributed by atoms with E-state index in [1.807, 2.05) is 6.07 Å². The van der Waals surface area contributed by atoms with Crippen LogP contribution in [0.15, 0.2) is 40.6 Å². The van der Waals surface area contributed by atoms with Crippen LogP contribution in [0.2, 0.25) is 0 Å². The molecule has 0 unspecified atom stereocenters. The van der Waals surface area contributed by atoms with Crippen LogP contribution in [0.5, 0.6) is 0 Å². The smallest absolute Gasteiger partial charge is 0.267 e. The molecule has 148 valence electrons. The molecule has 0 aliphatic carbocycles. The highest BCUT2D eigenvalue weighted by atomic mass is 32.2. The molecule has 2 aromatic rings. The number of rotatable bonds is 5. The molecule has 0 spiro atoms. The van der Waals surface area contributed by atoms with Gasteiger partial charge in [0, 0.05) is 37.4 Å². The lowest BCUT2D eigenvalue weighted by Crippen LogP contribution is -2.29. The lowest BCUT2D eigenvalue weighted by molar-refractivity contribution is -0.117. The number of hydrogen-bond acceptors (Lipinski definition) is 5. The third-order valence-electron chi connectivity index (χ3n) is 5.01. The summed E-state index contributed by atoms with van der Waals surface area (Å²) < 4.78 is 27.1. The van der Waals surface area contributed by atoms with Gasteiger partial charge in [-0.1, -0.05) is 6.07 Å². The third kappa shape index (κ3) is 3.57. The summed E-state index contributed by atoms with van der Waals surface area (Å²) in [6.45, 7) is 1.65. The average molecular weight is 420 g/mol. The van der Waals surface area contributed by atoms with E-state index >= 15 is 0 Å². The molecule has 2 aliphatic rings. The maximum atomic E-state index is 12.8. The van der Waals surface area contributed by atoms with Gasteiger partial charge in [-0.3, -0.25) is 9.59 Å². The second-order valence-corrected chi connectivity index (χ2v) is 9.70. The minimum atomic E-state index is -3.66. The van der Waals surface area contributed by atoms with E-state index in [2.05, 4.69) is 5.32 Å². The van der Waals surface area contributed by atoms with Crippen LogP contribution in [0.3, 0.4) is 0 Å². The van der Waals surface area contributed by atoms with Crippen LogP contribution in [-0.4, -0.2) is 44.2 Å². The summed E-state index contributed by atoms with van der Waals surface area (Å²) in [5.41, 5.74) is 1.26. The van der Waals surface area contributed by atoms with E-state index in [4.69, 9.17) is 0 Å². The predicted molar refractivity (Wildman–Crippen MR) is 108 cm³/mol. The Morgan fingerprint density at radius 1 is 1.07 bits per heavy atom. The Morgan fingerprint density at radius 3 is 2.57 bits per heavy atom. The fourth-order valence-electron chi connectivity index (χ4n) is 3.59. The van der Waals surface area contributed by atoms with E-state index < -0.39 is 15.9 Å². The van der Waals surface area contributed by atoms with Gasteiger partial charge in [-0.15, -0.1) is 11.3 Å². The fourth-order valence-corrected chi connectivity index (χ4v) is 6.41. The highest BCUT2D eigenvalue weighted by molar-refractivity contribution is 7.89. The molecule has 1 aromatic heterocycles. The predicted octanol–water partition coefficient (Wildman–Crippen LogP) is 2.91. The lowest BCUT2D eigenvalue weighted by Gasteiger charge is -2.17. The summed E-state index contributed by atoms with van der Waals surface area (Å²) in [4.78, 5) is 26.7. The average Bonchev–Trinajstić information content (AvgIpc) is 3.43. The van der Waals surface area contributed by atoms with Crippen molar-refractivity contribution in [3.63, 3.8) is 0 Å². The minimum absolute atomic E-state index is 0.0581. The quantitative estimate of drug-likeness (QED) is 0.807. The number of carbonyl (C=O) groups is 2. The van der Waals surface area contributed by atoms with Crippen LogP contribution in [0.25, 0.3) is 0 Å². The first-order valence-electron chi connectivity index (χ1n) is 9.26. The number of sulfonamides is 1. The van der Waals surface area contributed by atoms with Crippen LogP contribution in [0, 0.1) is 0 Å². The highest BCUT2D eigenvalue weighted by Gasteiger charge is 2.32. The van der Waals surface area contributed by atoms with E-state index in [-0.39, 0.29) is 15.7 Å². The largest absolute Gasteiger partial charge is 0.321 e. The van der Waals surface area contributed by atoms with Crippen molar-refractivity contribution in [2.24, 2.45) is 0 Å². The summed E-state index contributed by atoms with van der Waals surface area (Å²) in [6, 6.07) is 8.56. The van der Waals surface area contributed by atoms with Crippen LogP contribution in [0.1, 0.15) is 35.4 Å². The van der Waals surface area contributed by atoms with Crippen molar-refractivity contribution in [3.8, 4) is 0 Å². The van der Waals surface area contributed by atoms with Gasteiger partial charge in [-0.2, -0.15) is 4.31 Å². The molecule has 0 atom stereocenters. The Kier molecular flexibility index (Phi) is 5.22. The molecule has 2 amide bonds. The Morgan fingerprint density at radius 2 is 1.86 bits per heavy atom. The molecule has 0 radical (unpaired) electrons. The van der Waals surface area contributed by atoms with Gasteiger partial charge in [0.05, 0.1) is 0 Å². The lowest BCUT2D eigenvalue weighted by atomic mass is 10.2. The SMILES string of the molecule is O=C(Nc1cccc(N2CCCC2=O)c1)c1sccc1S(=O)(=O)N1CCCC1. The van der Waals surface area contributed by atoms with Crippen LogP contribution >= 0.6 is 11.3 Å². The number of amides is 2. The van der Waals surface area contributed by atoms with Crippen molar-refractivity contribution in [2.45, 2.75) is 30.6 Å². The molecule has 0 saturated carbocycles. The molecule has 28 heavy (non-hydrogen) atoms. The zero-order valence-corrected chi connectivity index (χ0v) is 16.9. The maximum Gasteiger partial charge on any atom is 0.267 e. The first kappa shape index (κ1) is 19.1. The van der Waals surface area contributed by atoms with Gasteiger partial charge in [0.1, 0.15) is 9.77 Å². The van der Waals surface area contributed by atoms with Crippen molar-refractivity contribution >= 4 is 44.5 Å². The van der Waals surface area contributed by atoms with E-state index in [1.165, 1.54) is 10.4 Å².